The fourth-order valence-electron chi connectivity index (χ4n) is 3.90. The number of halogens is 1. The van der Waals surface area contributed by atoms with Crippen molar-refractivity contribution in [2.24, 2.45) is 11.8 Å². The average molecular weight is 395 g/mol. The van der Waals surface area contributed by atoms with Gasteiger partial charge in [-0.3, -0.25) is 9.59 Å². The maximum absolute atomic E-state index is 13.0. The molecule has 4 rings (SSSR count). The molecule has 0 saturated carbocycles. The summed E-state index contributed by atoms with van der Waals surface area (Å²) in [5, 5.41) is 13.3. The third kappa shape index (κ3) is 3.25. The standard InChI is InChI=1S/C23H19ClO4/c1-13-9-10-17(18(11-13)22(25)26)23(27)28-21-16-7-3-2-5-14(16)12-15-6-4-8-19(24)20(15)21/h2-9,12,17-18H,10-11H2,1H3,(H,25,26). The number of aliphatic carboxylic acids is 1. The van der Waals surface area contributed by atoms with E-state index in [1.807, 2.05) is 55.5 Å². The van der Waals surface area contributed by atoms with Gasteiger partial charge in [0.25, 0.3) is 0 Å². The number of carboxylic acids is 1. The molecule has 142 valence electrons. The predicted octanol–water partition coefficient (Wildman–Crippen LogP) is 5.61. The highest BCUT2D eigenvalue weighted by Gasteiger charge is 2.37. The quantitative estimate of drug-likeness (QED) is 0.271. The van der Waals surface area contributed by atoms with Crippen molar-refractivity contribution < 1.29 is 19.4 Å². The molecular weight excluding hydrogens is 376 g/mol. The van der Waals surface area contributed by atoms with Crippen molar-refractivity contribution in [3.63, 3.8) is 0 Å². The van der Waals surface area contributed by atoms with Crippen LogP contribution in [0.2, 0.25) is 5.02 Å². The monoisotopic (exact) mass is 394 g/mol. The van der Waals surface area contributed by atoms with Crippen LogP contribution in [0.15, 0.2) is 60.2 Å². The smallest absolute Gasteiger partial charge is 0.315 e. The first kappa shape index (κ1) is 18.5. The normalized spacial score (nSPS) is 19.4. The molecule has 1 aliphatic rings. The number of carboxylic acid groups (broad SMARTS) is 1. The van der Waals surface area contributed by atoms with E-state index < -0.39 is 23.8 Å². The zero-order valence-corrected chi connectivity index (χ0v) is 16.1. The van der Waals surface area contributed by atoms with Crippen molar-refractivity contribution in [1.82, 2.24) is 0 Å². The van der Waals surface area contributed by atoms with Crippen LogP contribution >= 0.6 is 11.6 Å². The van der Waals surface area contributed by atoms with E-state index in [0.717, 1.165) is 21.7 Å². The Bertz CT molecular complexity index is 1130. The number of benzene rings is 3. The van der Waals surface area contributed by atoms with Gasteiger partial charge in [-0.1, -0.05) is 59.6 Å². The summed E-state index contributed by atoms with van der Waals surface area (Å²) >= 11 is 6.44. The van der Waals surface area contributed by atoms with Gasteiger partial charge >= 0.3 is 11.9 Å². The lowest BCUT2D eigenvalue weighted by molar-refractivity contribution is -0.152. The second kappa shape index (κ2) is 7.28. The van der Waals surface area contributed by atoms with Gasteiger partial charge in [0.05, 0.1) is 16.9 Å². The molecule has 5 heteroatoms. The van der Waals surface area contributed by atoms with Crippen molar-refractivity contribution in [3.8, 4) is 5.75 Å². The van der Waals surface area contributed by atoms with Crippen LogP contribution in [0.3, 0.4) is 0 Å². The Balaban J connectivity index is 1.82. The van der Waals surface area contributed by atoms with E-state index in [2.05, 4.69) is 0 Å². The molecule has 2 atom stereocenters. The van der Waals surface area contributed by atoms with Gasteiger partial charge in [-0.25, -0.2) is 0 Å². The first-order valence-corrected chi connectivity index (χ1v) is 9.53. The van der Waals surface area contributed by atoms with E-state index in [9.17, 15) is 14.7 Å². The Morgan fingerprint density at radius 1 is 1.07 bits per heavy atom. The zero-order valence-electron chi connectivity index (χ0n) is 15.3. The van der Waals surface area contributed by atoms with Gasteiger partial charge in [-0.05, 0) is 42.7 Å². The van der Waals surface area contributed by atoms with E-state index in [0.29, 0.717) is 29.0 Å². The maximum atomic E-state index is 13.0. The topological polar surface area (TPSA) is 63.6 Å². The molecule has 0 heterocycles. The third-order valence-electron chi connectivity index (χ3n) is 5.36. The third-order valence-corrected chi connectivity index (χ3v) is 5.67. The van der Waals surface area contributed by atoms with Gasteiger partial charge in [0, 0.05) is 10.8 Å². The lowest BCUT2D eigenvalue weighted by atomic mass is 9.80. The van der Waals surface area contributed by atoms with Crippen molar-refractivity contribution in [2.75, 3.05) is 0 Å². The first-order valence-electron chi connectivity index (χ1n) is 9.16. The van der Waals surface area contributed by atoms with Crippen LogP contribution in [0.5, 0.6) is 5.75 Å². The molecule has 0 aliphatic heterocycles. The van der Waals surface area contributed by atoms with Crippen LogP contribution < -0.4 is 4.74 Å². The molecular formula is C23H19ClO4. The van der Waals surface area contributed by atoms with Crippen LogP contribution in [0.25, 0.3) is 21.5 Å². The van der Waals surface area contributed by atoms with Gasteiger partial charge in [-0.15, -0.1) is 0 Å². The van der Waals surface area contributed by atoms with E-state index in [1.54, 1.807) is 6.07 Å². The number of ether oxygens (including phenoxy) is 1. The van der Waals surface area contributed by atoms with Crippen LogP contribution in [-0.4, -0.2) is 17.0 Å². The molecule has 0 amide bonds. The lowest BCUT2D eigenvalue weighted by Crippen LogP contribution is -2.34. The Morgan fingerprint density at radius 2 is 1.82 bits per heavy atom. The molecule has 3 aromatic carbocycles. The highest BCUT2D eigenvalue weighted by Crippen LogP contribution is 2.40. The highest BCUT2D eigenvalue weighted by atomic mass is 35.5. The minimum atomic E-state index is -0.977. The molecule has 2 unspecified atom stereocenters. The van der Waals surface area contributed by atoms with Gasteiger partial charge < -0.3 is 9.84 Å². The number of rotatable bonds is 3. The number of hydrogen-bond donors (Lipinski definition) is 1. The van der Waals surface area contributed by atoms with Crippen LogP contribution in [0, 0.1) is 11.8 Å². The summed E-state index contributed by atoms with van der Waals surface area (Å²) in [5.41, 5.74) is 0.982. The summed E-state index contributed by atoms with van der Waals surface area (Å²) in [6, 6.07) is 15.1. The van der Waals surface area contributed by atoms with Crippen molar-refractivity contribution in [2.45, 2.75) is 19.8 Å². The predicted molar refractivity (Wildman–Crippen MR) is 110 cm³/mol. The molecule has 28 heavy (non-hydrogen) atoms. The number of carbonyl (C=O) groups excluding carboxylic acids is 1. The molecule has 0 bridgehead atoms. The van der Waals surface area contributed by atoms with Gasteiger partial charge in [0.2, 0.25) is 0 Å². The van der Waals surface area contributed by atoms with E-state index in [1.165, 1.54) is 0 Å². The second-order valence-corrected chi connectivity index (χ2v) is 7.63. The molecule has 0 aromatic heterocycles. The summed E-state index contributed by atoms with van der Waals surface area (Å²) < 4.78 is 5.86. The average Bonchev–Trinajstić information content (AvgIpc) is 2.67. The van der Waals surface area contributed by atoms with E-state index in [-0.39, 0.29) is 0 Å². The molecule has 3 aromatic rings. The molecule has 0 radical (unpaired) electrons. The minimum absolute atomic E-state index is 0.353. The van der Waals surface area contributed by atoms with Crippen LogP contribution in [0.4, 0.5) is 0 Å². The fraction of sp³-hybridized carbons (Fsp3) is 0.217. The van der Waals surface area contributed by atoms with Crippen LogP contribution in [-0.2, 0) is 9.59 Å². The Morgan fingerprint density at radius 3 is 2.61 bits per heavy atom. The molecule has 0 fully saturated rings. The molecule has 1 aliphatic carbocycles. The number of fused-ring (bicyclic) bond motifs is 2. The highest BCUT2D eigenvalue weighted by molar-refractivity contribution is 6.37. The van der Waals surface area contributed by atoms with E-state index in [4.69, 9.17) is 16.3 Å². The molecule has 4 nitrogen and oxygen atoms in total. The van der Waals surface area contributed by atoms with Gasteiger partial charge in [0.1, 0.15) is 5.75 Å². The van der Waals surface area contributed by atoms with Gasteiger partial charge in [0.15, 0.2) is 0 Å². The van der Waals surface area contributed by atoms with Crippen molar-refractivity contribution >= 4 is 45.1 Å². The second-order valence-electron chi connectivity index (χ2n) is 7.23. The zero-order chi connectivity index (χ0) is 19.8. The largest absolute Gasteiger partial charge is 0.481 e. The number of allylic oxidation sites excluding steroid dienone is 2. The Labute approximate surface area is 167 Å². The Kier molecular flexibility index (Phi) is 4.82. The lowest BCUT2D eigenvalue weighted by Gasteiger charge is -2.26. The van der Waals surface area contributed by atoms with Crippen molar-refractivity contribution in [1.29, 1.82) is 0 Å². The summed E-state index contributed by atoms with van der Waals surface area (Å²) in [6.45, 7) is 1.88. The molecule has 0 saturated heterocycles. The SMILES string of the molecule is CC1=CCC(C(=O)Oc2c3ccccc3cc3cccc(Cl)c23)C(C(=O)O)C1. The molecule has 1 N–H and O–H groups in total. The van der Waals surface area contributed by atoms with E-state index >= 15 is 0 Å². The maximum Gasteiger partial charge on any atom is 0.315 e. The summed E-state index contributed by atoms with van der Waals surface area (Å²) in [5.74, 6) is -2.63. The fourth-order valence-corrected chi connectivity index (χ4v) is 4.17. The Hall–Kier alpha value is -2.85. The molecule has 0 spiro atoms. The first-order chi connectivity index (χ1) is 13.5. The summed E-state index contributed by atoms with van der Waals surface area (Å²) in [7, 11) is 0. The minimum Gasteiger partial charge on any atom is -0.481 e. The number of hydrogen-bond acceptors (Lipinski definition) is 3. The number of carbonyl (C=O) groups is 2. The van der Waals surface area contributed by atoms with Crippen LogP contribution in [0.1, 0.15) is 19.8 Å². The van der Waals surface area contributed by atoms with Gasteiger partial charge in [-0.2, -0.15) is 0 Å². The number of esters is 1. The summed E-state index contributed by atoms with van der Waals surface area (Å²) in [6.07, 6.45) is 2.63. The van der Waals surface area contributed by atoms with Crippen molar-refractivity contribution in [3.05, 3.63) is 65.2 Å². The summed E-state index contributed by atoms with van der Waals surface area (Å²) in [4.78, 5) is 24.7.